The molecule has 5 heteroatoms. The van der Waals surface area contributed by atoms with E-state index >= 15 is 0 Å². The van der Waals surface area contributed by atoms with E-state index in [1.165, 1.54) is 32.1 Å². The molecule has 0 bridgehead atoms. The van der Waals surface area contributed by atoms with E-state index in [1.54, 1.807) is 7.11 Å². The number of amidine groups is 1. The van der Waals surface area contributed by atoms with Gasteiger partial charge in [0, 0.05) is 17.7 Å². The van der Waals surface area contributed by atoms with E-state index in [2.05, 4.69) is 10.1 Å². The van der Waals surface area contributed by atoms with E-state index in [0.29, 0.717) is 0 Å². The summed E-state index contributed by atoms with van der Waals surface area (Å²) in [6.07, 6.45) is 6.50. The van der Waals surface area contributed by atoms with Gasteiger partial charge in [-0.1, -0.05) is 24.4 Å². The average Bonchev–Trinajstić information content (AvgIpc) is 2.49. The van der Waals surface area contributed by atoms with Gasteiger partial charge in [0.25, 0.3) is 0 Å². The van der Waals surface area contributed by atoms with Crippen LogP contribution in [0.3, 0.4) is 0 Å². The minimum Gasteiger partial charge on any atom is -0.496 e. The van der Waals surface area contributed by atoms with Crippen LogP contribution in [0, 0.1) is 0 Å². The van der Waals surface area contributed by atoms with Crippen LogP contribution in [-0.4, -0.2) is 36.1 Å². The van der Waals surface area contributed by atoms with Gasteiger partial charge in [-0.3, -0.25) is 4.90 Å². The Labute approximate surface area is 126 Å². The summed E-state index contributed by atoms with van der Waals surface area (Å²) in [6, 6.07) is 5.64. The lowest BCUT2D eigenvalue weighted by Crippen LogP contribution is -2.27. The molecule has 2 rings (SSSR count). The van der Waals surface area contributed by atoms with Gasteiger partial charge in [0.05, 0.1) is 7.11 Å². The Morgan fingerprint density at radius 1 is 1.24 bits per heavy atom. The van der Waals surface area contributed by atoms with Gasteiger partial charge in [-0.15, -0.1) is 0 Å². The summed E-state index contributed by atoms with van der Waals surface area (Å²) in [5.41, 5.74) is 7.49. The molecule has 0 unspecified atom stereocenters. The van der Waals surface area contributed by atoms with Gasteiger partial charge >= 0.3 is 0 Å². The van der Waals surface area contributed by atoms with E-state index in [0.717, 1.165) is 36.5 Å². The monoisotopic (exact) mass is 291 g/mol. The summed E-state index contributed by atoms with van der Waals surface area (Å²) >= 11 is 0. The molecular weight excluding hydrogens is 266 g/mol. The predicted octanol–water partition coefficient (Wildman–Crippen LogP) is 2.56. The maximum absolute atomic E-state index is 8.82. The highest BCUT2D eigenvalue weighted by Crippen LogP contribution is 2.23. The first-order chi connectivity index (χ1) is 10.2. The molecule has 0 aliphatic carbocycles. The van der Waals surface area contributed by atoms with Crippen LogP contribution in [-0.2, 0) is 6.54 Å². The second-order valence-corrected chi connectivity index (χ2v) is 5.56. The van der Waals surface area contributed by atoms with Crippen molar-refractivity contribution in [3.63, 3.8) is 0 Å². The lowest BCUT2D eigenvalue weighted by atomic mass is 10.1. The van der Waals surface area contributed by atoms with Crippen LogP contribution in [0.2, 0.25) is 0 Å². The molecule has 0 spiro atoms. The Morgan fingerprint density at radius 2 is 1.90 bits per heavy atom. The molecule has 1 fully saturated rings. The molecule has 21 heavy (non-hydrogen) atoms. The van der Waals surface area contributed by atoms with Crippen molar-refractivity contribution in [2.45, 2.75) is 38.6 Å². The minimum absolute atomic E-state index is 0.131. The Balaban J connectivity index is 2.15. The molecule has 0 aromatic heterocycles. The van der Waals surface area contributed by atoms with Crippen molar-refractivity contribution in [3.8, 4) is 5.75 Å². The average molecular weight is 291 g/mol. The first kappa shape index (κ1) is 15.6. The number of rotatable bonds is 4. The fourth-order valence-electron chi connectivity index (χ4n) is 2.83. The van der Waals surface area contributed by atoms with Crippen LogP contribution in [0.5, 0.6) is 5.75 Å². The van der Waals surface area contributed by atoms with E-state index in [1.807, 2.05) is 18.2 Å². The Bertz CT molecular complexity index is 480. The van der Waals surface area contributed by atoms with E-state index < -0.39 is 0 Å². The molecule has 0 amide bonds. The van der Waals surface area contributed by atoms with Crippen molar-refractivity contribution in [1.82, 2.24) is 4.90 Å². The van der Waals surface area contributed by atoms with Gasteiger partial charge in [0.1, 0.15) is 5.75 Å². The lowest BCUT2D eigenvalue weighted by Gasteiger charge is -2.25. The topological polar surface area (TPSA) is 71.1 Å². The van der Waals surface area contributed by atoms with Crippen molar-refractivity contribution in [2.24, 2.45) is 10.9 Å². The van der Waals surface area contributed by atoms with Crippen molar-refractivity contribution in [3.05, 3.63) is 29.3 Å². The number of oxime groups is 1. The summed E-state index contributed by atoms with van der Waals surface area (Å²) in [7, 11) is 1.68. The van der Waals surface area contributed by atoms with Crippen molar-refractivity contribution in [1.29, 1.82) is 0 Å². The minimum atomic E-state index is 0.131. The third-order valence-corrected chi connectivity index (χ3v) is 4.03. The smallest absolute Gasteiger partial charge is 0.170 e. The standard InChI is InChI=1S/C16H25N3O2/c1-21-15-8-7-13(16(17)18-20)11-14(15)12-19-9-5-3-2-4-6-10-19/h7-8,11,20H,2-6,9-10,12H2,1H3,(H2,17,18). The second kappa shape index (κ2) is 7.88. The number of methoxy groups -OCH3 is 1. The Kier molecular flexibility index (Phi) is 5.87. The zero-order valence-corrected chi connectivity index (χ0v) is 12.7. The summed E-state index contributed by atoms with van der Waals surface area (Å²) < 4.78 is 5.44. The zero-order chi connectivity index (χ0) is 15.1. The predicted molar refractivity (Wildman–Crippen MR) is 83.9 cm³/mol. The molecule has 1 aliphatic rings. The Hall–Kier alpha value is -1.75. The molecule has 0 atom stereocenters. The molecule has 0 saturated carbocycles. The van der Waals surface area contributed by atoms with Gasteiger partial charge in [-0.05, 0) is 44.1 Å². The molecular formula is C16H25N3O2. The van der Waals surface area contributed by atoms with E-state index in [4.69, 9.17) is 15.7 Å². The van der Waals surface area contributed by atoms with Gasteiger partial charge in [0.15, 0.2) is 5.84 Å². The van der Waals surface area contributed by atoms with Crippen molar-refractivity contribution >= 4 is 5.84 Å². The number of nitrogens with two attached hydrogens (primary N) is 1. The summed E-state index contributed by atoms with van der Waals surface area (Å²) in [6.45, 7) is 3.09. The fourth-order valence-corrected chi connectivity index (χ4v) is 2.83. The zero-order valence-electron chi connectivity index (χ0n) is 12.7. The van der Waals surface area contributed by atoms with Gasteiger partial charge < -0.3 is 15.7 Å². The van der Waals surface area contributed by atoms with Crippen LogP contribution in [0.15, 0.2) is 23.4 Å². The quantitative estimate of drug-likeness (QED) is 0.387. The molecule has 1 aromatic rings. The second-order valence-electron chi connectivity index (χ2n) is 5.56. The molecule has 0 radical (unpaired) electrons. The van der Waals surface area contributed by atoms with Crippen LogP contribution >= 0.6 is 0 Å². The highest BCUT2D eigenvalue weighted by Gasteiger charge is 2.13. The maximum atomic E-state index is 8.82. The molecule has 1 saturated heterocycles. The fraction of sp³-hybridized carbons (Fsp3) is 0.562. The molecule has 5 nitrogen and oxygen atoms in total. The highest BCUT2D eigenvalue weighted by molar-refractivity contribution is 5.97. The molecule has 1 aliphatic heterocycles. The highest BCUT2D eigenvalue weighted by atomic mass is 16.5. The summed E-state index contributed by atoms with van der Waals surface area (Å²) in [5.74, 6) is 0.984. The van der Waals surface area contributed by atoms with Crippen molar-refractivity contribution < 1.29 is 9.94 Å². The van der Waals surface area contributed by atoms with Crippen LogP contribution in [0.1, 0.15) is 43.2 Å². The molecule has 1 aromatic carbocycles. The number of nitrogens with zero attached hydrogens (tertiary/aromatic N) is 2. The van der Waals surface area contributed by atoms with Gasteiger partial charge in [-0.2, -0.15) is 0 Å². The van der Waals surface area contributed by atoms with Gasteiger partial charge in [0.2, 0.25) is 0 Å². The molecule has 3 N–H and O–H groups in total. The number of hydrogen-bond donors (Lipinski definition) is 2. The first-order valence-corrected chi connectivity index (χ1v) is 7.61. The van der Waals surface area contributed by atoms with E-state index in [9.17, 15) is 0 Å². The van der Waals surface area contributed by atoms with E-state index in [-0.39, 0.29) is 5.84 Å². The SMILES string of the molecule is COc1ccc(/C(N)=N/O)cc1CN1CCCCCCC1. The summed E-state index contributed by atoms with van der Waals surface area (Å²) in [5, 5.41) is 11.9. The first-order valence-electron chi connectivity index (χ1n) is 7.61. The molecule has 116 valence electrons. The summed E-state index contributed by atoms with van der Waals surface area (Å²) in [4.78, 5) is 2.47. The third kappa shape index (κ3) is 4.36. The van der Waals surface area contributed by atoms with Crippen LogP contribution in [0.4, 0.5) is 0 Å². The molecule has 1 heterocycles. The number of hydrogen-bond acceptors (Lipinski definition) is 4. The van der Waals surface area contributed by atoms with Crippen LogP contribution in [0.25, 0.3) is 0 Å². The maximum Gasteiger partial charge on any atom is 0.170 e. The van der Waals surface area contributed by atoms with Gasteiger partial charge in [-0.25, -0.2) is 0 Å². The Morgan fingerprint density at radius 3 is 2.52 bits per heavy atom. The lowest BCUT2D eigenvalue weighted by molar-refractivity contribution is 0.236. The number of benzene rings is 1. The number of likely N-dealkylation sites (tertiary alicyclic amines) is 1. The normalized spacial score (nSPS) is 18.0. The van der Waals surface area contributed by atoms with Crippen LogP contribution < -0.4 is 10.5 Å². The third-order valence-electron chi connectivity index (χ3n) is 4.03. The largest absolute Gasteiger partial charge is 0.496 e. The van der Waals surface area contributed by atoms with Crippen molar-refractivity contribution in [2.75, 3.05) is 20.2 Å². The number of ether oxygens (including phenoxy) is 1.